The third-order valence-corrected chi connectivity index (χ3v) is 2.71. The molecule has 0 heterocycles. The largest absolute Gasteiger partial charge is 0.320 e. The van der Waals surface area contributed by atoms with Crippen LogP contribution in [0.2, 0.25) is 10.0 Å². The van der Waals surface area contributed by atoms with Gasteiger partial charge in [-0.15, -0.1) is 12.3 Å². The van der Waals surface area contributed by atoms with Crippen molar-refractivity contribution in [1.29, 1.82) is 0 Å². The SMILES string of the molecule is C#CCC(N)C(=O)c1cccc(Cl)c1Cl. The van der Waals surface area contributed by atoms with Crippen LogP contribution < -0.4 is 5.73 Å². The van der Waals surface area contributed by atoms with Gasteiger partial charge < -0.3 is 5.73 Å². The van der Waals surface area contributed by atoms with E-state index < -0.39 is 6.04 Å². The van der Waals surface area contributed by atoms with E-state index >= 15 is 0 Å². The highest BCUT2D eigenvalue weighted by Gasteiger charge is 2.18. The predicted molar refractivity (Wildman–Crippen MR) is 62.2 cm³/mol. The molecule has 0 aliphatic heterocycles. The Morgan fingerprint density at radius 3 is 2.80 bits per heavy atom. The lowest BCUT2D eigenvalue weighted by atomic mass is 10.0. The molecule has 1 aromatic carbocycles. The number of Topliss-reactive ketones (excluding diaryl/α,β-unsaturated/α-hetero) is 1. The number of rotatable bonds is 3. The second-order valence-electron chi connectivity index (χ2n) is 2.98. The Balaban J connectivity index is 3.02. The number of ketones is 1. The minimum Gasteiger partial charge on any atom is -0.320 e. The van der Waals surface area contributed by atoms with Crippen molar-refractivity contribution >= 4 is 29.0 Å². The summed E-state index contributed by atoms with van der Waals surface area (Å²) in [5.41, 5.74) is 5.90. The Morgan fingerprint density at radius 1 is 1.53 bits per heavy atom. The van der Waals surface area contributed by atoms with Gasteiger partial charge in [-0.05, 0) is 12.1 Å². The van der Waals surface area contributed by atoms with Crippen LogP contribution in [0, 0.1) is 12.3 Å². The molecule has 78 valence electrons. The summed E-state index contributed by atoms with van der Waals surface area (Å²) in [5, 5.41) is 0.548. The zero-order valence-corrected chi connectivity index (χ0v) is 9.35. The van der Waals surface area contributed by atoms with Crippen LogP contribution >= 0.6 is 23.2 Å². The quantitative estimate of drug-likeness (QED) is 0.653. The first-order valence-corrected chi connectivity index (χ1v) is 5.00. The summed E-state index contributed by atoms with van der Waals surface area (Å²) in [5.74, 6) is 2.04. The number of hydrogen-bond acceptors (Lipinski definition) is 2. The van der Waals surface area contributed by atoms with E-state index in [1.807, 2.05) is 0 Å². The van der Waals surface area contributed by atoms with E-state index in [1.165, 1.54) is 0 Å². The van der Waals surface area contributed by atoms with Crippen LogP contribution in [0.5, 0.6) is 0 Å². The number of benzene rings is 1. The summed E-state index contributed by atoms with van der Waals surface area (Å²) >= 11 is 11.6. The summed E-state index contributed by atoms with van der Waals surface area (Å²) in [7, 11) is 0. The monoisotopic (exact) mass is 241 g/mol. The molecule has 0 radical (unpaired) electrons. The third-order valence-electron chi connectivity index (χ3n) is 1.89. The van der Waals surface area contributed by atoms with Crippen LogP contribution in [0.3, 0.4) is 0 Å². The van der Waals surface area contributed by atoms with Gasteiger partial charge in [0.25, 0.3) is 0 Å². The van der Waals surface area contributed by atoms with Crippen LogP contribution in [0.1, 0.15) is 16.8 Å². The molecule has 1 aromatic rings. The van der Waals surface area contributed by atoms with Crippen molar-refractivity contribution < 1.29 is 4.79 Å². The van der Waals surface area contributed by atoms with Crippen LogP contribution in [0.25, 0.3) is 0 Å². The average molecular weight is 242 g/mol. The maximum absolute atomic E-state index is 11.7. The number of hydrogen-bond donors (Lipinski definition) is 1. The molecule has 0 saturated heterocycles. The molecule has 2 nitrogen and oxygen atoms in total. The van der Waals surface area contributed by atoms with Crippen LogP contribution in [0.15, 0.2) is 18.2 Å². The van der Waals surface area contributed by atoms with Gasteiger partial charge >= 0.3 is 0 Å². The van der Waals surface area contributed by atoms with Crippen molar-refractivity contribution in [2.24, 2.45) is 5.73 Å². The Hall–Kier alpha value is -1.01. The molecule has 1 unspecified atom stereocenters. The summed E-state index contributed by atoms with van der Waals surface area (Å²) in [4.78, 5) is 11.7. The minimum absolute atomic E-state index is 0.182. The molecule has 0 bridgehead atoms. The second kappa shape index (κ2) is 5.18. The van der Waals surface area contributed by atoms with Gasteiger partial charge in [-0.1, -0.05) is 29.3 Å². The van der Waals surface area contributed by atoms with E-state index in [4.69, 9.17) is 35.4 Å². The molecule has 0 saturated carbocycles. The highest BCUT2D eigenvalue weighted by atomic mass is 35.5. The lowest BCUT2D eigenvalue weighted by Crippen LogP contribution is -2.30. The standard InChI is InChI=1S/C11H9Cl2NO/c1-2-4-9(14)11(15)7-5-3-6-8(12)10(7)13/h1,3,5-6,9H,4,14H2. The van der Waals surface area contributed by atoms with Gasteiger partial charge in [0.2, 0.25) is 0 Å². The van der Waals surface area contributed by atoms with Crippen molar-refractivity contribution in [2.75, 3.05) is 0 Å². The van der Waals surface area contributed by atoms with Gasteiger partial charge in [0, 0.05) is 12.0 Å². The van der Waals surface area contributed by atoms with E-state index in [0.29, 0.717) is 10.6 Å². The molecule has 0 spiro atoms. The predicted octanol–water partition coefficient (Wildman–Crippen LogP) is 2.53. The Bertz CT molecular complexity index is 423. The van der Waals surface area contributed by atoms with Gasteiger partial charge in [0.05, 0.1) is 16.1 Å². The Kier molecular flexibility index (Phi) is 4.16. The normalized spacial score (nSPS) is 11.9. The summed E-state index contributed by atoms with van der Waals surface area (Å²) < 4.78 is 0. The zero-order chi connectivity index (χ0) is 11.4. The smallest absolute Gasteiger partial charge is 0.182 e. The highest BCUT2D eigenvalue weighted by Crippen LogP contribution is 2.26. The fourth-order valence-electron chi connectivity index (χ4n) is 1.11. The molecule has 0 amide bonds. The first-order chi connectivity index (χ1) is 7.07. The lowest BCUT2D eigenvalue weighted by molar-refractivity contribution is 0.0963. The van der Waals surface area contributed by atoms with Gasteiger partial charge in [-0.25, -0.2) is 0 Å². The highest BCUT2D eigenvalue weighted by molar-refractivity contribution is 6.44. The number of nitrogens with two attached hydrogens (primary N) is 1. The third kappa shape index (κ3) is 2.73. The Labute approximate surface area is 98.4 Å². The van der Waals surface area contributed by atoms with E-state index in [2.05, 4.69) is 5.92 Å². The van der Waals surface area contributed by atoms with Crippen LogP contribution in [-0.4, -0.2) is 11.8 Å². The lowest BCUT2D eigenvalue weighted by Gasteiger charge is -2.09. The zero-order valence-electron chi connectivity index (χ0n) is 7.84. The second-order valence-corrected chi connectivity index (χ2v) is 3.77. The molecule has 15 heavy (non-hydrogen) atoms. The molecule has 0 aliphatic carbocycles. The van der Waals surface area contributed by atoms with Crippen molar-refractivity contribution in [3.05, 3.63) is 33.8 Å². The Morgan fingerprint density at radius 2 is 2.20 bits per heavy atom. The number of halogens is 2. The number of terminal acetylenes is 1. The van der Waals surface area contributed by atoms with Gasteiger partial charge in [0.1, 0.15) is 0 Å². The molecule has 0 fully saturated rings. The van der Waals surface area contributed by atoms with E-state index in [-0.39, 0.29) is 17.2 Å². The molecular weight excluding hydrogens is 233 g/mol. The van der Waals surface area contributed by atoms with Crippen molar-refractivity contribution in [3.8, 4) is 12.3 Å². The maximum Gasteiger partial charge on any atom is 0.182 e. The van der Waals surface area contributed by atoms with E-state index in [1.54, 1.807) is 18.2 Å². The molecule has 2 N–H and O–H groups in total. The summed E-state index contributed by atoms with van der Waals surface area (Å²) in [6, 6.07) is 4.09. The summed E-state index contributed by atoms with van der Waals surface area (Å²) in [6.07, 6.45) is 5.25. The minimum atomic E-state index is -0.731. The number of carbonyl (C=O) groups excluding carboxylic acids is 1. The van der Waals surface area contributed by atoms with Crippen molar-refractivity contribution in [3.63, 3.8) is 0 Å². The van der Waals surface area contributed by atoms with Gasteiger partial charge in [0.15, 0.2) is 5.78 Å². The number of carbonyl (C=O) groups is 1. The van der Waals surface area contributed by atoms with E-state index in [9.17, 15) is 4.79 Å². The first-order valence-electron chi connectivity index (χ1n) is 4.25. The fourth-order valence-corrected chi connectivity index (χ4v) is 1.51. The molecule has 1 rings (SSSR count). The van der Waals surface area contributed by atoms with Gasteiger partial charge in [-0.2, -0.15) is 0 Å². The molecule has 4 heteroatoms. The van der Waals surface area contributed by atoms with Crippen molar-refractivity contribution in [1.82, 2.24) is 0 Å². The van der Waals surface area contributed by atoms with Crippen LogP contribution in [-0.2, 0) is 0 Å². The molecule has 0 aliphatic rings. The molecular formula is C11H9Cl2NO. The van der Waals surface area contributed by atoms with Gasteiger partial charge in [-0.3, -0.25) is 4.79 Å². The van der Waals surface area contributed by atoms with E-state index in [0.717, 1.165) is 0 Å². The fraction of sp³-hybridized carbons (Fsp3) is 0.182. The summed E-state index contributed by atoms with van der Waals surface area (Å²) in [6.45, 7) is 0. The maximum atomic E-state index is 11.7. The molecule has 0 aromatic heterocycles. The van der Waals surface area contributed by atoms with Crippen molar-refractivity contribution in [2.45, 2.75) is 12.5 Å². The molecule has 1 atom stereocenters. The first kappa shape index (κ1) is 12.1. The topological polar surface area (TPSA) is 43.1 Å². The van der Waals surface area contributed by atoms with Crippen LogP contribution in [0.4, 0.5) is 0 Å². The average Bonchev–Trinajstić information content (AvgIpc) is 2.21.